The number of fused-ring (bicyclic) bond motifs is 1. The van der Waals surface area contributed by atoms with Gasteiger partial charge in [-0.1, -0.05) is 18.5 Å². The minimum Gasteiger partial charge on any atom is -0.350 e. The molecule has 0 unspecified atom stereocenters. The summed E-state index contributed by atoms with van der Waals surface area (Å²) in [6.07, 6.45) is 4.01. The highest BCUT2D eigenvalue weighted by Crippen LogP contribution is 2.47. The highest BCUT2D eigenvalue weighted by atomic mass is 35.5. The van der Waals surface area contributed by atoms with Gasteiger partial charge in [0.05, 0.1) is 5.75 Å². The van der Waals surface area contributed by atoms with Gasteiger partial charge in [0, 0.05) is 15.9 Å². The number of hydrogen-bond acceptors (Lipinski definition) is 3. The quantitative estimate of drug-likeness (QED) is 0.803. The molecule has 0 bridgehead atoms. The molecule has 1 saturated carbocycles. The van der Waals surface area contributed by atoms with Crippen LogP contribution in [0.4, 0.5) is 0 Å². The van der Waals surface area contributed by atoms with E-state index in [9.17, 15) is 9.59 Å². The number of aryl methyl sites for hydroxylation is 1. The number of thioether (sulfide) groups is 1. The maximum absolute atomic E-state index is 12.9. The summed E-state index contributed by atoms with van der Waals surface area (Å²) in [6.45, 7) is 4.14. The zero-order chi connectivity index (χ0) is 18.5. The normalized spacial score (nSPS) is 26.0. The van der Waals surface area contributed by atoms with Crippen molar-refractivity contribution in [1.82, 2.24) is 15.4 Å². The van der Waals surface area contributed by atoms with Gasteiger partial charge in [0.2, 0.25) is 0 Å². The van der Waals surface area contributed by atoms with Crippen molar-refractivity contribution in [2.24, 2.45) is 5.92 Å². The average molecular weight is 392 g/mol. The SMILES string of the molecule is Cc1c(C(=O)NN2C(=O)CSC23CCC(C)CC3)[nH]c2ccc(Cl)cc12. The summed E-state index contributed by atoms with van der Waals surface area (Å²) in [5.74, 6) is 0.809. The van der Waals surface area contributed by atoms with Gasteiger partial charge in [0.15, 0.2) is 0 Å². The molecule has 1 saturated heterocycles. The van der Waals surface area contributed by atoms with Crippen LogP contribution in [0.25, 0.3) is 10.9 Å². The van der Waals surface area contributed by atoms with Crippen LogP contribution in [-0.2, 0) is 4.79 Å². The number of benzene rings is 1. The molecule has 1 aliphatic heterocycles. The number of carbonyl (C=O) groups excluding carboxylic acids is 2. The third-order valence-corrected chi connectivity index (χ3v) is 7.39. The van der Waals surface area contributed by atoms with Crippen LogP contribution >= 0.6 is 23.4 Å². The Balaban J connectivity index is 1.61. The van der Waals surface area contributed by atoms with Crippen molar-refractivity contribution in [2.75, 3.05) is 5.75 Å². The Labute approximate surface area is 161 Å². The molecule has 4 rings (SSSR count). The maximum atomic E-state index is 12.9. The summed E-state index contributed by atoms with van der Waals surface area (Å²) in [4.78, 5) is 28.3. The third-order valence-electron chi connectivity index (χ3n) is 5.64. The van der Waals surface area contributed by atoms with E-state index in [1.807, 2.05) is 19.1 Å². The molecule has 1 spiro atoms. The summed E-state index contributed by atoms with van der Waals surface area (Å²) in [5.41, 5.74) is 5.07. The number of hydrazine groups is 1. The second-order valence-electron chi connectivity index (χ2n) is 7.40. The summed E-state index contributed by atoms with van der Waals surface area (Å²) in [6, 6.07) is 5.50. The largest absolute Gasteiger partial charge is 0.350 e. The zero-order valence-electron chi connectivity index (χ0n) is 14.9. The van der Waals surface area contributed by atoms with E-state index in [2.05, 4.69) is 17.3 Å². The van der Waals surface area contributed by atoms with E-state index >= 15 is 0 Å². The fourth-order valence-electron chi connectivity index (χ4n) is 3.98. The molecule has 138 valence electrons. The summed E-state index contributed by atoms with van der Waals surface area (Å²) < 4.78 is 0. The van der Waals surface area contributed by atoms with Crippen molar-refractivity contribution in [3.05, 3.63) is 34.5 Å². The molecule has 2 fully saturated rings. The number of aromatic amines is 1. The number of hydrogen-bond donors (Lipinski definition) is 2. The van der Waals surface area contributed by atoms with E-state index in [0.717, 1.165) is 42.1 Å². The maximum Gasteiger partial charge on any atom is 0.286 e. The number of H-pyrrole nitrogens is 1. The van der Waals surface area contributed by atoms with E-state index in [-0.39, 0.29) is 16.7 Å². The second kappa shape index (κ2) is 6.50. The highest BCUT2D eigenvalue weighted by molar-refractivity contribution is 8.01. The van der Waals surface area contributed by atoms with Gasteiger partial charge in [0.25, 0.3) is 11.8 Å². The molecule has 0 radical (unpaired) electrons. The smallest absolute Gasteiger partial charge is 0.286 e. The van der Waals surface area contributed by atoms with Crippen LogP contribution in [0.1, 0.15) is 48.7 Å². The molecule has 1 aliphatic carbocycles. The first-order chi connectivity index (χ1) is 12.4. The number of aromatic nitrogens is 1. The van der Waals surface area contributed by atoms with Crippen molar-refractivity contribution in [2.45, 2.75) is 44.4 Å². The molecular formula is C19H22ClN3O2S. The van der Waals surface area contributed by atoms with E-state index in [1.54, 1.807) is 22.8 Å². The lowest BCUT2D eigenvalue weighted by Gasteiger charge is -2.41. The van der Waals surface area contributed by atoms with E-state index in [4.69, 9.17) is 11.6 Å². The standard InChI is InChI=1S/C19H22ClN3O2S/c1-11-5-7-19(8-6-11)23(16(24)10-26-19)22-18(25)17-12(2)14-9-13(20)3-4-15(14)21-17/h3-4,9,11,21H,5-8,10H2,1-2H3,(H,22,25). The predicted molar refractivity (Wildman–Crippen MR) is 105 cm³/mol. The van der Waals surface area contributed by atoms with Gasteiger partial charge in [-0.05, 0) is 62.3 Å². The first-order valence-electron chi connectivity index (χ1n) is 8.95. The minimum atomic E-state index is -0.289. The molecule has 7 heteroatoms. The molecule has 2 aromatic rings. The van der Waals surface area contributed by atoms with Crippen molar-refractivity contribution in [3.63, 3.8) is 0 Å². The monoisotopic (exact) mass is 391 g/mol. The van der Waals surface area contributed by atoms with Gasteiger partial charge in [-0.25, -0.2) is 5.01 Å². The minimum absolute atomic E-state index is 0.0188. The molecule has 0 atom stereocenters. The Kier molecular flexibility index (Phi) is 4.43. The summed E-state index contributed by atoms with van der Waals surface area (Å²) in [7, 11) is 0. The van der Waals surface area contributed by atoms with Crippen LogP contribution < -0.4 is 5.43 Å². The molecule has 5 nitrogen and oxygen atoms in total. The van der Waals surface area contributed by atoms with Crippen LogP contribution in [0.3, 0.4) is 0 Å². The van der Waals surface area contributed by atoms with Gasteiger partial charge < -0.3 is 4.98 Å². The van der Waals surface area contributed by atoms with Gasteiger partial charge in [0.1, 0.15) is 10.6 Å². The summed E-state index contributed by atoms with van der Waals surface area (Å²) >= 11 is 7.74. The molecule has 2 aliphatic rings. The molecule has 1 aromatic heterocycles. The lowest BCUT2D eigenvalue weighted by Crippen LogP contribution is -2.55. The molecule has 2 heterocycles. The van der Waals surface area contributed by atoms with Crippen molar-refractivity contribution in [1.29, 1.82) is 0 Å². The predicted octanol–water partition coefficient (Wildman–Crippen LogP) is 4.26. The summed E-state index contributed by atoms with van der Waals surface area (Å²) in [5, 5.41) is 3.16. The van der Waals surface area contributed by atoms with Gasteiger partial charge in [-0.15, -0.1) is 11.8 Å². The highest BCUT2D eigenvalue weighted by Gasteiger charge is 2.48. The topological polar surface area (TPSA) is 65.2 Å². The third kappa shape index (κ3) is 2.89. The van der Waals surface area contributed by atoms with Gasteiger partial charge in [-0.2, -0.15) is 0 Å². The van der Waals surface area contributed by atoms with Crippen LogP contribution in [0.2, 0.25) is 5.02 Å². The van der Waals surface area contributed by atoms with Crippen LogP contribution in [0, 0.1) is 12.8 Å². The number of halogens is 1. The molecule has 26 heavy (non-hydrogen) atoms. The lowest BCUT2D eigenvalue weighted by molar-refractivity contribution is -0.134. The van der Waals surface area contributed by atoms with Crippen LogP contribution in [-0.4, -0.2) is 32.4 Å². The Morgan fingerprint density at radius 3 is 2.85 bits per heavy atom. The number of rotatable bonds is 2. The van der Waals surface area contributed by atoms with E-state index in [0.29, 0.717) is 22.4 Å². The molecule has 2 N–H and O–H groups in total. The first kappa shape index (κ1) is 17.7. The van der Waals surface area contributed by atoms with Crippen molar-refractivity contribution in [3.8, 4) is 0 Å². The molecular weight excluding hydrogens is 370 g/mol. The van der Waals surface area contributed by atoms with Crippen LogP contribution in [0.5, 0.6) is 0 Å². The fraction of sp³-hybridized carbons (Fsp3) is 0.474. The Hall–Kier alpha value is -1.66. The van der Waals surface area contributed by atoms with Gasteiger partial charge in [-0.3, -0.25) is 15.0 Å². The molecule has 1 aromatic carbocycles. The Bertz CT molecular complexity index is 886. The van der Waals surface area contributed by atoms with E-state index in [1.165, 1.54) is 0 Å². The van der Waals surface area contributed by atoms with Crippen molar-refractivity contribution < 1.29 is 9.59 Å². The Morgan fingerprint density at radius 1 is 1.38 bits per heavy atom. The fourth-order valence-corrected chi connectivity index (χ4v) is 5.48. The number of amides is 2. The van der Waals surface area contributed by atoms with Gasteiger partial charge >= 0.3 is 0 Å². The first-order valence-corrected chi connectivity index (χ1v) is 10.3. The number of nitrogens with one attached hydrogen (secondary N) is 2. The average Bonchev–Trinajstić information content (AvgIpc) is 3.10. The Morgan fingerprint density at radius 2 is 2.12 bits per heavy atom. The number of carbonyl (C=O) groups is 2. The van der Waals surface area contributed by atoms with E-state index < -0.39 is 0 Å². The lowest BCUT2D eigenvalue weighted by atomic mass is 9.86. The van der Waals surface area contributed by atoms with Crippen molar-refractivity contribution >= 4 is 46.1 Å². The number of nitrogens with zero attached hydrogens (tertiary/aromatic N) is 1. The zero-order valence-corrected chi connectivity index (χ0v) is 16.5. The molecule has 2 amide bonds. The van der Waals surface area contributed by atoms with Crippen LogP contribution in [0.15, 0.2) is 18.2 Å². The second-order valence-corrected chi connectivity index (χ2v) is 9.18.